The Morgan fingerprint density at radius 3 is 2.19 bits per heavy atom. The van der Waals surface area contributed by atoms with Crippen LogP contribution in [0.5, 0.6) is 0 Å². The number of rotatable bonds is 8. The second-order valence-electron chi connectivity index (χ2n) is 7.56. The molecule has 0 atom stereocenters. The van der Waals surface area contributed by atoms with E-state index in [0.717, 1.165) is 11.1 Å². The van der Waals surface area contributed by atoms with Crippen LogP contribution in [0.4, 0.5) is 5.69 Å². The lowest BCUT2D eigenvalue weighted by molar-refractivity contribution is -0.118. The topological polar surface area (TPSA) is 91.8 Å². The summed E-state index contributed by atoms with van der Waals surface area (Å²) in [4.78, 5) is 14.7. The first-order valence-corrected chi connectivity index (χ1v) is 13.4. The molecule has 1 heterocycles. The molecule has 2 aromatic carbocycles. The summed E-state index contributed by atoms with van der Waals surface area (Å²) in [6.45, 7) is 6.64. The first-order chi connectivity index (χ1) is 14.6. The third-order valence-electron chi connectivity index (χ3n) is 5.56. The zero-order chi connectivity index (χ0) is 22.8. The summed E-state index contributed by atoms with van der Waals surface area (Å²) < 4.78 is 52.0. The highest BCUT2D eigenvalue weighted by atomic mass is 32.2. The van der Waals surface area contributed by atoms with Crippen molar-refractivity contribution < 1.29 is 21.6 Å². The van der Waals surface area contributed by atoms with Gasteiger partial charge in [0, 0.05) is 31.7 Å². The molecule has 168 valence electrons. The third-order valence-corrected chi connectivity index (χ3v) is 9.33. The van der Waals surface area contributed by atoms with Crippen molar-refractivity contribution in [3.8, 4) is 0 Å². The normalized spacial score (nSPS) is 14.1. The van der Waals surface area contributed by atoms with Crippen LogP contribution in [0, 0.1) is 6.92 Å². The van der Waals surface area contributed by atoms with Gasteiger partial charge in [-0.2, -0.15) is 4.31 Å². The maximum Gasteiger partial charge on any atom is 0.243 e. The molecular weight excluding hydrogens is 436 g/mol. The number of sulfone groups is 1. The van der Waals surface area contributed by atoms with Crippen molar-refractivity contribution in [1.82, 2.24) is 4.31 Å². The highest BCUT2D eigenvalue weighted by Crippen LogP contribution is 2.31. The molecule has 2 aromatic rings. The Morgan fingerprint density at radius 1 is 0.968 bits per heavy atom. The summed E-state index contributed by atoms with van der Waals surface area (Å²) in [5.74, 6) is -0.552. The first-order valence-electron chi connectivity index (χ1n) is 10.3. The van der Waals surface area contributed by atoms with E-state index in [1.807, 2.05) is 6.92 Å². The van der Waals surface area contributed by atoms with Crippen LogP contribution in [-0.2, 0) is 31.1 Å². The lowest BCUT2D eigenvalue weighted by Crippen LogP contribution is -2.31. The smallest absolute Gasteiger partial charge is 0.243 e. The van der Waals surface area contributed by atoms with Gasteiger partial charge in [-0.05, 0) is 49.2 Å². The largest absolute Gasteiger partial charge is 0.312 e. The highest BCUT2D eigenvalue weighted by Gasteiger charge is 2.29. The molecule has 0 saturated carbocycles. The van der Waals surface area contributed by atoms with Crippen LogP contribution >= 0.6 is 0 Å². The summed E-state index contributed by atoms with van der Waals surface area (Å²) in [7, 11) is -7.13. The molecule has 0 saturated heterocycles. The molecule has 1 amide bonds. The van der Waals surface area contributed by atoms with Gasteiger partial charge in [0.25, 0.3) is 0 Å². The summed E-state index contributed by atoms with van der Waals surface area (Å²) in [6, 6.07) is 11.4. The van der Waals surface area contributed by atoms with E-state index in [1.54, 1.807) is 55.1 Å². The van der Waals surface area contributed by atoms with Gasteiger partial charge in [0.2, 0.25) is 15.9 Å². The molecule has 0 bridgehead atoms. The van der Waals surface area contributed by atoms with Crippen LogP contribution in [0.15, 0.2) is 52.3 Å². The molecule has 9 heteroatoms. The Labute approximate surface area is 184 Å². The number of sulfonamides is 1. The molecule has 7 nitrogen and oxygen atoms in total. The van der Waals surface area contributed by atoms with E-state index in [-0.39, 0.29) is 27.9 Å². The molecule has 0 aliphatic carbocycles. The van der Waals surface area contributed by atoms with E-state index in [2.05, 4.69) is 0 Å². The minimum Gasteiger partial charge on any atom is -0.312 e. The van der Waals surface area contributed by atoms with Gasteiger partial charge in [-0.15, -0.1) is 0 Å². The number of nitrogens with zero attached hydrogens (tertiary/aromatic N) is 2. The average molecular weight is 465 g/mol. The molecule has 3 rings (SSSR count). The number of hydrogen-bond acceptors (Lipinski definition) is 5. The number of benzene rings is 2. The molecule has 0 aromatic heterocycles. The first kappa shape index (κ1) is 23.4. The second-order valence-corrected chi connectivity index (χ2v) is 11.6. The van der Waals surface area contributed by atoms with Crippen molar-refractivity contribution in [2.75, 3.05) is 30.3 Å². The zero-order valence-electron chi connectivity index (χ0n) is 18.0. The molecule has 0 unspecified atom stereocenters. The predicted molar refractivity (Wildman–Crippen MR) is 120 cm³/mol. The van der Waals surface area contributed by atoms with Gasteiger partial charge in [0.15, 0.2) is 9.84 Å². The van der Waals surface area contributed by atoms with Gasteiger partial charge < -0.3 is 4.90 Å². The van der Waals surface area contributed by atoms with Crippen molar-refractivity contribution in [3.05, 3.63) is 53.6 Å². The van der Waals surface area contributed by atoms with Crippen LogP contribution in [0.2, 0.25) is 0 Å². The molecule has 0 spiro atoms. The fraction of sp³-hybridized carbons (Fsp3) is 0.409. The fourth-order valence-electron chi connectivity index (χ4n) is 3.73. The van der Waals surface area contributed by atoms with E-state index < -0.39 is 19.9 Å². The van der Waals surface area contributed by atoms with Crippen molar-refractivity contribution in [3.63, 3.8) is 0 Å². The van der Waals surface area contributed by atoms with Gasteiger partial charge in [-0.1, -0.05) is 31.5 Å². The quantitative estimate of drug-likeness (QED) is 0.599. The zero-order valence-corrected chi connectivity index (χ0v) is 19.7. The van der Waals surface area contributed by atoms with E-state index >= 15 is 0 Å². The predicted octanol–water partition coefficient (Wildman–Crippen LogP) is 2.78. The van der Waals surface area contributed by atoms with Crippen molar-refractivity contribution >= 4 is 31.5 Å². The van der Waals surface area contributed by atoms with Crippen LogP contribution in [0.1, 0.15) is 31.4 Å². The Bertz CT molecular complexity index is 1170. The Kier molecular flexibility index (Phi) is 6.88. The molecule has 31 heavy (non-hydrogen) atoms. The standard InChI is InChI=1S/C22H28N2O5S2/c1-4-23(5-2)31(28,29)20-10-11-21-18(16-20)12-14-24(21)22(25)13-15-30(26,27)19-8-6-17(3)7-9-19/h6-11,16H,4-5,12-15H2,1-3H3. The number of anilines is 1. The summed E-state index contributed by atoms with van der Waals surface area (Å²) in [5.41, 5.74) is 2.39. The third kappa shape index (κ3) is 4.83. The molecule has 0 N–H and O–H groups in total. The van der Waals surface area contributed by atoms with Crippen molar-refractivity contribution in [2.45, 2.75) is 43.4 Å². The minimum atomic E-state index is -3.57. The maximum absolute atomic E-state index is 12.8. The Morgan fingerprint density at radius 2 is 1.58 bits per heavy atom. The Balaban J connectivity index is 1.74. The maximum atomic E-state index is 12.8. The highest BCUT2D eigenvalue weighted by molar-refractivity contribution is 7.91. The van der Waals surface area contributed by atoms with E-state index in [4.69, 9.17) is 0 Å². The molecule has 1 aliphatic rings. The van der Waals surface area contributed by atoms with E-state index in [9.17, 15) is 21.6 Å². The number of carbonyl (C=O) groups is 1. The van der Waals surface area contributed by atoms with E-state index in [1.165, 1.54) is 10.4 Å². The number of hydrogen-bond donors (Lipinski definition) is 0. The average Bonchev–Trinajstić information content (AvgIpc) is 3.16. The lowest BCUT2D eigenvalue weighted by atomic mass is 10.2. The van der Waals surface area contributed by atoms with Crippen LogP contribution in [-0.4, -0.2) is 52.4 Å². The van der Waals surface area contributed by atoms with Gasteiger partial charge >= 0.3 is 0 Å². The Hall–Kier alpha value is -2.23. The summed E-state index contributed by atoms with van der Waals surface area (Å²) in [6.07, 6.45) is 0.405. The monoisotopic (exact) mass is 464 g/mol. The van der Waals surface area contributed by atoms with Gasteiger partial charge in [-0.3, -0.25) is 4.79 Å². The molecule has 0 radical (unpaired) electrons. The minimum absolute atomic E-state index is 0.130. The van der Waals surface area contributed by atoms with Crippen LogP contribution in [0.3, 0.4) is 0 Å². The van der Waals surface area contributed by atoms with Gasteiger partial charge in [-0.25, -0.2) is 16.8 Å². The van der Waals surface area contributed by atoms with Crippen molar-refractivity contribution in [2.24, 2.45) is 0 Å². The second kappa shape index (κ2) is 9.10. The van der Waals surface area contributed by atoms with Crippen molar-refractivity contribution in [1.29, 1.82) is 0 Å². The van der Waals surface area contributed by atoms with Crippen LogP contribution in [0.25, 0.3) is 0 Å². The van der Waals surface area contributed by atoms with Gasteiger partial charge in [0.05, 0.1) is 15.5 Å². The number of fused-ring (bicyclic) bond motifs is 1. The van der Waals surface area contributed by atoms with Gasteiger partial charge in [0.1, 0.15) is 0 Å². The number of aryl methyl sites for hydroxylation is 1. The fourth-order valence-corrected chi connectivity index (χ4v) is 6.47. The van der Waals surface area contributed by atoms with E-state index in [0.29, 0.717) is 31.7 Å². The molecule has 0 fully saturated rings. The summed E-state index contributed by atoms with van der Waals surface area (Å²) in [5, 5.41) is 0. The van der Waals surface area contributed by atoms with Crippen LogP contribution < -0.4 is 4.90 Å². The molecule has 1 aliphatic heterocycles. The SMILES string of the molecule is CCN(CC)S(=O)(=O)c1ccc2c(c1)CCN2C(=O)CCS(=O)(=O)c1ccc(C)cc1. The molecular formula is C22H28N2O5S2. The number of carbonyl (C=O) groups excluding carboxylic acids is 1. The lowest BCUT2D eigenvalue weighted by Gasteiger charge is -2.20. The summed E-state index contributed by atoms with van der Waals surface area (Å²) >= 11 is 0. The number of amides is 1.